The van der Waals surface area contributed by atoms with Gasteiger partial charge in [-0.3, -0.25) is 14.4 Å². The van der Waals surface area contributed by atoms with Gasteiger partial charge < -0.3 is 4.90 Å². The molecule has 0 bridgehead atoms. The predicted octanol–water partition coefficient (Wildman–Crippen LogP) is 2.73. The number of hydrogen-bond donors (Lipinski definition) is 0. The van der Waals surface area contributed by atoms with Crippen LogP contribution < -0.4 is 0 Å². The number of rotatable bonds is 3. The molecule has 0 N–H and O–H groups in total. The number of aromatic nitrogens is 2. The van der Waals surface area contributed by atoms with E-state index in [4.69, 9.17) is 11.6 Å². The van der Waals surface area contributed by atoms with Crippen LogP contribution in [-0.4, -0.2) is 51.7 Å². The minimum Gasteiger partial charge on any atom is -0.337 e. The van der Waals surface area contributed by atoms with Crippen LogP contribution in [0.25, 0.3) is 0 Å². The summed E-state index contributed by atoms with van der Waals surface area (Å²) in [6.45, 7) is 6.18. The summed E-state index contributed by atoms with van der Waals surface area (Å²) in [5.41, 5.74) is 2.78. The SMILES string of the molecule is Cc1c(Cl)cccc1C(=O)N1CCCN(Cc2cnn(C)c2)CC1. The van der Waals surface area contributed by atoms with Gasteiger partial charge in [-0.25, -0.2) is 0 Å². The first-order valence-electron chi connectivity index (χ1n) is 8.29. The number of hydrogen-bond acceptors (Lipinski definition) is 3. The minimum absolute atomic E-state index is 0.0817. The van der Waals surface area contributed by atoms with E-state index in [0.29, 0.717) is 10.6 Å². The molecule has 1 saturated heterocycles. The fraction of sp³-hybridized carbons (Fsp3) is 0.444. The van der Waals surface area contributed by atoms with E-state index in [9.17, 15) is 4.79 Å². The Morgan fingerprint density at radius 3 is 2.83 bits per heavy atom. The van der Waals surface area contributed by atoms with Gasteiger partial charge in [0.2, 0.25) is 0 Å². The molecule has 1 fully saturated rings. The van der Waals surface area contributed by atoms with Crippen molar-refractivity contribution >= 4 is 17.5 Å². The molecule has 0 unspecified atom stereocenters. The van der Waals surface area contributed by atoms with E-state index in [1.54, 1.807) is 0 Å². The highest BCUT2D eigenvalue weighted by molar-refractivity contribution is 6.31. The molecule has 1 aliphatic heterocycles. The molecule has 6 heteroatoms. The van der Waals surface area contributed by atoms with Crippen LogP contribution in [0.15, 0.2) is 30.6 Å². The number of amides is 1. The van der Waals surface area contributed by atoms with Gasteiger partial charge in [0.25, 0.3) is 5.91 Å². The highest BCUT2D eigenvalue weighted by atomic mass is 35.5. The average Bonchev–Trinajstić information content (AvgIpc) is 2.82. The molecule has 3 rings (SSSR count). The Kier molecular flexibility index (Phi) is 5.21. The fourth-order valence-corrected chi connectivity index (χ4v) is 3.33. The first kappa shape index (κ1) is 17.0. The van der Waals surface area contributed by atoms with Crippen LogP contribution in [0.2, 0.25) is 5.02 Å². The highest BCUT2D eigenvalue weighted by Gasteiger charge is 2.22. The predicted molar refractivity (Wildman–Crippen MR) is 95.2 cm³/mol. The quantitative estimate of drug-likeness (QED) is 0.858. The lowest BCUT2D eigenvalue weighted by molar-refractivity contribution is 0.0760. The van der Waals surface area contributed by atoms with E-state index >= 15 is 0 Å². The Morgan fingerprint density at radius 1 is 1.25 bits per heavy atom. The maximum absolute atomic E-state index is 12.8. The standard InChI is InChI=1S/C18H23ClN4O/c1-14-16(5-3-6-17(14)19)18(24)23-8-4-7-22(9-10-23)13-15-11-20-21(2)12-15/h3,5-6,11-12H,4,7-10,13H2,1-2H3. The van der Waals surface area contributed by atoms with Crippen molar-refractivity contribution in [1.82, 2.24) is 19.6 Å². The van der Waals surface area contributed by atoms with Gasteiger partial charge in [-0.15, -0.1) is 0 Å². The number of aryl methyl sites for hydroxylation is 1. The zero-order chi connectivity index (χ0) is 17.1. The smallest absolute Gasteiger partial charge is 0.254 e. The van der Waals surface area contributed by atoms with Gasteiger partial charge in [0.15, 0.2) is 0 Å². The molecule has 2 aromatic rings. The Morgan fingerprint density at radius 2 is 2.08 bits per heavy atom. The monoisotopic (exact) mass is 346 g/mol. The lowest BCUT2D eigenvalue weighted by Crippen LogP contribution is -2.35. The summed E-state index contributed by atoms with van der Waals surface area (Å²) < 4.78 is 1.82. The molecule has 0 saturated carbocycles. The summed E-state index contributed by atoms with van der Waals surface area (Å²) >= 11 is 6.16. The van der Waals surface area contributed by atoms with E-state index < -0.39 is 0 Å². The Hall–Kier alpha value is -1.85. The molecule has 0 atom stereocenters. The maximum atomic E-state index is 12.8. The van der Waals surface area contributed by atoms with Crippen LogP contribution in [0.3, 0.4) is 0 Å². The number of benzene rings is 1. The Labute approximate surface area is 147 Å². The Bertz CT molecular complexity index is 728. The van der Waals surface area contributed by atoms with E-state index in [1.807, 2.05) is 54.1 Å². The van der Waals surface area contributed by atoms with Crippen LogP contribution in [0.4, 0.5) is 0 Å². The molecule has 0 spiro atoms. The summed E-state index contributed by atoms with van der Waals surface area (Å²) in [6, 6.07) is 5.53. The van der Waals surface area contributed by atoms with E-state index in [1.165, 1.54) is 5.56 Å². The minimum atomic E-state index is 0.0817. The van der Waals surface area contributed by atoms with Gasteiger partial charge in [-0.1, -0.05) is 17.7 Å². The average molecular weight is 347 g/mol. The van der Waals surface area contributed by atoms with Crippen molar-refractivity contribution in [2.45, 2.75) is 19.9 Å². The molecule has 24 heavy (non-hydrogen) atoms. The highest BCUT2D eigenvalue weighted by Crippen LogP contribution is 2.21. The lowest BCUT2D eigenvalue weighted by Gasteiger charge is -2.22. The number of carbonyl (C=O) groups is 1. The van der Waals surface area contributed by atoms with Crippen LogP contribution in [-0.2, 0) is 13.6 Å². The summed E-state index contributed by atoms with van der Waals surface area (Å²) in [5, 5.41) is 4.87. The van der Waals surface area contributed by atoms with Crippen molar-refractivity contribution in [2.75, 3.05) is 26.2 Å². The van der Waals surface area contributed by atoms with Crippen LogP contribution >= 0.6 is 11.6 Å². The molecule has 1 aromatic heterocycles. The summed E-state index contributed by atoms with van der Waals surface area (Å²) in [4.78, 5) is 17.2. The first-order valence-corrected chi connectivity index (χ1v) is 8.66. The second-order valence-corrected chi connectivity index (χ2v) is 6.76. The molecule has 5 nitrogen and oxygen atoms in total. The van der Waals surface area contributed by atoms with Crippen molar-refractivity contribution in [2.24, 2.45) is 7.05 Å². The van der Waals surface area contributed by atoms with Crippen LogP contribution in [0.5, 0.6) is 0 Å². The fourth-order valence-electron chi connectivity index (χ4n) is 3.15. The number of nitrogens with zero attached hydrogens (tertiary/aromatic N) is 4. The molecule has 1 amide bonds. The molecular weight excluding hydrogens is 324 g/mol. The molecule has 0 radical (unpaired) electrons. The third-order valence-corrected chi connectivity index (χ3v) is 4.95. The number of halogens is 1. The van der Waals surface area contributed by atoms with E-state index in [-0.39, 0.29) is 5.91 Å². The number of carbonyl (C=O) groups excluding carboxylic acids is 1. The zero-order valence-corrected chi connectivity index (χ0v) is 15.0. The van der Waals surface area contributed by atoms with Gasteiger partial charge in [0.1, 0.15) is 0 Å². The summed E-state index contributed by atoms with van der Waals surface area (Å²) in [7, 11) is 1.93. The van der Waals surface area contributed by atoms with Gasteiger partial charge in [-0.05, 0) is 31.0 Å². The molecule has 1 aliphatic rings. The summed E-state index contributed by atoms with van der Waals surface area (Å²) in [6.07, 6.45) is 4.93. The van der Waals surface area contributed by atoms with Crippen LogP contribution in [0, 0.1) is 6.92 Å². The van der Waals surface area contributed by atoms with Crippen molar-refractivity contribution in [3.8, 4) is 0 Å². The maximum Gasteiger partial charge on any atom is 0.254 e. The second-order valence-electron chi connectivity index (χ2n) is 6.36. The Balaban J connectivity index is 1.64. The van der Waals surface area contributed by atoms with Crippen molar-refractivity contribution < 1.29 is 4.79 Å². The van der Waals surface area contributed by atoms with Gasteiger partial charge in [0.05, 0.1) is 6.20 Å². The largest absolute Gasteiger partial charge is 0.337 e. The molecule has 0 aliphatic carbocycles. The topological polar surface area (TPSA) is 41.4 Å². The summed E-state index contributed by atoms with van der Waals surface area (Å²) in [5.74, 6) is 0.0817. The van der Waals surface area contributed by atoms with Gasteiger partial charge >= 0.3 is 0 Å². The zero-order valence-electron chi connectivity index (χ0n) is 14.2. The van der Waals surface area contributed by atoms with Gasteiger partial charge in [-0.2, -0.15) is 5.10 Å². The first-order chi connectivity index (χ1) is 11.5. The van der Waals surface area contributed by atoms with E-state index in [0.717, 1.165) is 44.7 Å². The van der Waals surface area contributed by atoms with Crippen molar-refractivity contribution in [3.05, 3.63) is 52.3 Å². The molecule has 128 valence electrons. The second kappa shape index (κ2) is 7.36. The van der Waals surface area contributed by atoms with Crippen molar-refractivity contribution in [1.29, 1.82) is 0 Å². The third-order valence-electron chi connectivity index (χ3n) is 4.54. The molecule has 1 aromatic carbocycles. The normalized spacial score (nSPS) is 16.2. The molecular formula is C18H23ClN4O. The van der Waals surface area contributed by atoms with Crippen molar-refractivity contribution in [3.63, 3.8) is 0 Å². The third kappa shape index (κ3) is 3.79. The van der Waals surface area contributed by atoms with Crippen LogP contribution in [0.1, 0.15) is 27.9 Å². The molecule has 2 heterocycles. The van der Waals surface area contributed by atoms with E-state index in [2.05, 4.69) is 10.00 Å². The lowest BCUT2D eigenvalue weighted by atomic mass is 10.1. The van der Waals surface area contributed by atoms with Gasteiger partial charge in [0, 0.05) is 62.1 Å².